The third-order valence-corrected chi connectivity index (χ3v) is 3.55. The molecule has 20 heavy (non-hydrogen) atoms. The van der Waals surface area contributed by atoms with E-state index in [1.54, 1.807) is 6.07 Å². The fourth-order valence-electron chi connectivity index (χ4n) is 2.37. The Kier molecular flexibility index (Phi) is 3.44. The van der Waals surface area contributed by atoms with Crippen LogP contribution in [-0.2, 0) is 0 Å². The van der Waals surface area contributed by atoms with E-state index in [9.17, 15) is 0 Å². The van der Waals surface area contributed by atoms with Crippen molar-refractivity contribution in [2.75, 3.05) is 5.73 Å². The molecule has 0 saturated carbocycles. The summed E-state index contributed by atoms with van der Waals surface area (Å²) in [5.74, 6) is 0. The maximum atomic E-state index is 6.12. The fraction of sp³-hybridized carbons (Fsp3) is 0. The average molecular weight is 280 g/mol. The maximum Gasteiger partial charge on any atom is 0.0426 e. The van der Waals surface area contributed by atoms with Crippen LogP contribution in [0.5, 0.6) is 0 Å². The number of halogens is 1. The van der Waals surface area contributed by atoms with Gasteiger partial charge in [-0.05, 0) is 28.8 Å². The molecule has 0 heterocycles. The molecule has 3 rings (SSSR count). The maximum absolute atomic E-state index is 6.12. The van der Waals surface area contributed by atoms with Crippen molar-refractivity contribution >= 4 is 17.3 Å². The standard InChI is InChI=1S/C18H14ClN/c19-14-10-11-17(18(20)12-14)16-9-5-4-8-15(16)13-6-2-1-3-7-13/h1-12H,20H2. The van der Waals surface area contributed by atoms with Gasteiger partial charge in [0.05, 0.1) is 0 Å². The molecule has 0 fully saturated rings. The van der Waals surface area contributed by atoms with Gasteiger partial charge >= 0.3 is 0 Å². The molecular weight excluding hydrogens is 266 g/mol. The van der Waals surface area contributed by atoms with Gasteiger partial charge in [0.2, 0.25) is 0 Å². The summed E-state index contributed by atoms with van der Waals surface area (Å²) in [6.07, 6.45) is 0. The topological polar surface area (TPSA) is 26.0 Å². The third-order valence-electron chi connectivity index (χ3n) is 3.32. The minimum atomic E-state index is 0.656. The van der Waals surface area contributed by atoms with Crippen molar-refractivity contribution in [1.29, 1.82) is 0 Å². The fourth-order valence-corrected chi connectivity index (χ4v) is 2.55. The highest BCUT2D eigenvalue weighted by molar-refractivity contribution is 6.31. The van der Waals surface area contributed by atoms with Crippen LogP contribution in [-0.4, -0.2) is 0 Å². The Labute approximate surface area is 123 Å². The summed E-state index contributed by atoms with van der Waals surface area (Å²) < 4.78 is 0. The summed E-state index contributed by atoms with van der Waals surface area (Å²) in [5.41, 5.74) is 11.3. The Bertz CT molecular complexity index is 735. The van der Waals surface area contributed by atoms with Gasteiger partial charge in [-0.3, -0.25) is 0 Å². The highest BCUT2D eigenvalue weighted by Gasteiger charge is 2.09. The van der Waals surface area contributed by atoms with Crippen molar-refractivity contribution in [1.82, 2.24) is 0 Å². The molecule has 2 heteroatoms. The minimum absolute atomic E-state index is 0.656. The van der Waals surface area contributed by atoms with Crippen molar-refractivity contribution in [3.63, 3.8) is 0 Å². The van der Waals surface area contributed by atoms with E-state index < -0.39 is 0 Å². The van der Waals surface area contributed by atoms with Crippen LogP contribution in [0.3, 0.4) is 0 Å². The van der Waals surface area contributed by atoms with Gasteiger partial charge in [-0.15, -0.1) is 0 Å². The first-order valence-electron chi connectivity index (χ1n) is 6.45. The minimum Gasteiger partial charge on any atom is -0.398 e. The summed E-state index contributed by atoms with van der Waals surface area (Å²) in [5, 5.41) is 0.656. The van der Waals surface area contributed by atoms with E-state index in [1.165, 1.54) is 11.1 Å². The number of anilines is 1. The first-order valence-corrected chi connectivity index (χ1v) is 6.83. The molecule has 0 atom stereocenters. The monoisotopic (exact) mass is 279 g/mol. The van der Waals surface area contributed by atoms with E-state index in [0.29, 0.717) is 10.7 Å². The van der Waals surface area contributed by atoms with Crippen LogP contribution >= 0.6 is 11.6 Å². The number of nitrogen functional groups attached to an aromatic ring is 1. The van der Waals surface area contributed by atoms with E-state index >= 15 is 0 Å². The molecule has 0 spiro atoms. The van der Waals surface area contributed by atoms with Crippen LogP contribution in [0.25, 0.3) is 22.3 Å². The molecule has 1 nitrogen and oxygen atoms in total. The zero-order valence-electron chi connectivity index (χ0n) is 10.9. The summed E-state index contributed by atoms with van der Waals surface area (Å²) in [6.45, 7) is 0. The molecule has 98 valence electrons. The molecule has 0 aromatic heterocycles. The van der Waals surface area contributed by atoms with Gasteiger partial charge in [-0.1, -0.05) is 72.3 Å². The van der Waals surface area contributed by atoms with E-state index in [1.807, 2.05) is 42.5 Å². The number of rotatable bonds is 2. The zero-order chi connectivity index (χ0) is 13.9. The molecular formula is C18H14ClN. The van der Waals surface area contributed by atoms with Crippen LogP contribution in [0, 0.1) is 0 Å². The molecule has 0 unspecified atom stereocenters. The molecule has 0 amide bonds. The average Bonchev–Trinajstić information content (AvgIpc) is 2.48. The lowest BCUT2D eigenvalue weighted by molar-refractivity contribution is 1.58. The SMILES string of the molecule is Nc1cc(Cl)ccc1-c1ccccc1-c1ccccc1. The highest BCUT2D eigenvalue weighted by Crippen LogP contribution is 2.35. The lowest BCUT2D eigenvalue weighted by Gasteiger charge is -2.12. The first-order chi connectivity index (χ1) is 9.75. The van der Waals surface area contributed by atoms with Crippen molar-refractivity contribution in [3.8, 4) is 22.3 Å². The van der Waals surface area contributed by atoms with Gasteiger partial charge in [-0.2, -0.15) is 0 Å². The molecule has 0 saturated heterocycles. The molecule has 3 aromatic rings. The lowest BCUT2D eigenvalue weighted by Crippen LogP contribution is -1.92. The molecule has 0 aliphatic rings. The number of hydrogen-bond acceptors (Lipinski definition) is 1. The molecule has 0 bridgehead atoms. The second kappa shape index (κ2) is 5.40. The van der Waals surface area contributed by atoms with Gasteiger partial charge in [0, 0.05) is 16.3 Å². The van der Waals surface area contributed by atoms with Crippen LogP contribution in [0.1, 0.15) is 0 Å². The van der Waals surface area contributed by atoms with Crippen molar-refractivity contribution < 1.29 is 0 Å². The van der Waals surface area contributed by atoms with Crippen molar-refractivity contribution in [2.45, 2.75) is 0 Å². The quantitative estimate of drug-likeness (QED) is 0.637. The van der Waals surface area contributed by atoms with Gasteiger partial charge in [-0.25, -0.2) is 0 Å². The largest absolute Gasteiger partial charge is 0.398 e. The second-order valence-corrected chi connectivity index (χ2v) is 5.08. The smallest absolute Gasteiger partial charge is 0.0426 e. The molecule has 3 aromatic carbocycles. The van der Waals surface area contributed by atoms with Crippen LogP contribution in [0.15, 0.2) is 72.8 Å². The number of hydrogen-bond donors (Lipinski definition) is 1. The predicted molar refractivity (Wildman–Crippen MR) is 86.7 cm³/mol. The van der Waals surface area contributed by atoms with Gasteiger partial charge in [0.1, 0.15) is 0 Å². The van der Waals surface area contributed by atoms with Crippen LogP contribution < -0.4 is 5.73 Å². The van der Waals surface area contributed by atoms with Gasteiger partial charge in [0.15, 0.2) is 0 Å². The lowest BCUT2D eigenvalue weighted by atomic mass is 9.94. The Morgan fingerprint density at radius 2 is 1.30 bits per heavy atom. The Morgan fingerprint density at radius 3 is 2.00 bits per heavy atom. The Hall–Kier alpha value is -2.25. The molecule has 0 aliphatic carbocycles. The summed E-state index contributed by atoms with van der Waals surface area (Å²) in [7, 11) is 0. The van der Waals surface area contributed by atoms with Crippen LogP contribution in [0.4, 0.5) is 5.69 Å². The summed E-state index contributed by atoms with van der Waals surface area (Å²) in [4.78, 5) is 0. The van der Waals surface area contributed by atoms with E-state index in [-0.39, 0.29) is 0 Å². The first kappa shape index (κ1) is 12.8. The predicted octanol–water partition coefficient (Wildman–Crippen LogP) is 5.26. The summed E-state index contributed by atoms with van der Waals surface area (Å²) >= 11 is 5.98. The van der Waals surface area contributed by atoms with Crippen molar-refractivity contribution in [3.05, 3.63) is 77.8 Å². The van der Waals surface area contributed by atoms with E-state index in [2.05, 4.69) is 24.3 Å². The van der Waals surface area contributed by atoms with E-state index in [4.69, 9.17) is 17.3 Å². The Morgan fingerprint density at radius 1 is 0.650 bits per heavy atom. The van der Waals surface area contributed by atoms with Crippen LogP contribution in [0.2, 0.25) is 5.02 Å². The number of benzene rings is 3. The summed E-state index contributed by atoms with van der Waals surface area (Å²) in [6, 6.07) is 24.2. The molecule has 0 aliphatic heterocycles. The Balaban J connectivity index is 2.20. The normalized spacial score (nSPS) is 10.4. The van der Waals surface area contributed by atoms with Gasteiger partial charge in [0.25, 0.3) is 0 Å². The third kappa shape index (κ3) is 2.40. The van der Waals surface area contributed by atoms with Crippen molar-refractivity contribution in [2.24, 2.45) is 0 Å². The zero-order valence-corrected chi connectivity index (χ0v) is 11.6. The van der Waals surface area contributed by atoms with Gasteiger partial charge < -0.3 is 5.73 Å². The highest BCUT2D eigenvalue weighted by atomic mass is 35.5. The number of nitrogens with two attached hydrogens (primary N) is 1. The van der Waals surface area contributed by atoms with E-state index in [0.717, 1.165) is 11.1 Å². The second-order valence-electron chi connectivity index (χ2n) is 4.64. The molecule has 2 N–H and O–H groups in total. The molecule has 0 radical (unpaired) electrons.